The summed E-state index contributed by atoms with van der Waals surface area (Å²) in [7, 11) is 3.41. The summed E-state index contributed by atoms with van der Waals surface area (Å²) >= 11 is 0. The third-order valence-electron chi connectivity index (χ3n) is 5.98. The first-order chi connectivity index (χ1) is 13.3. The maximum Gasteiger partial charge on any atom is 0.183 e. The lowest BCUT2D eigenvalue weighted by molar-refractivity contribution is -0.106. The third-order valence-corrected chi connectivity index (χ3v) is 5.98. The lowest BCUT2D eigenvalue weighted by Gasteiger charge is -2.45. The second kappa shape index (κ2) is 8.39. The van der Waals surface area contributed by atoms with Gasteiger partial charge in [0.1, 0.15) is 0 Å². The summed E-state index contributed by atoms with van der Waals surface area (Å²) in [6.07, 6.45) is 7.13. The average molecular weight is 364 g/mol. The van der Waals surface area contributed by atoms with E-state index in [9.17, 15) is 0 Å². The van der Waals surface area contributed by atoms with Gasteiger partial charge in [0.2, 0.25) is 0 Å². The molecule has 27 heavy (non-hydrogen) atoms. The molecular weight excluding hydrogens is 334 g/mol. The zero-order valence-corrected chi connectivity index (χ0v) is 16.3. The van der Waals surface area contributed by atoms with Gasteiger partial charge in [-0.2, -0.15) is 0 Å². The van der Waals surface area contributed by atoms with Crippen molar-refractivity contribution in [2.75, 3.05) is 14.2 Å². The highest BCUT2D eigenvalue weighted by molar-refractivity contribution is 5.70. The Bertz CT molecular complexity index is 782. The van der Waals surface area contributed by atoms with Crippen molar-refractivity contribution in [3.63, 3.8) is 0 Å². The van der Waals surface area contributed by atoms with E-state index in [1.807, 2.05) is 0 Å². The maximum atomic E-state index is 5.55. The van der Waals surface area contributed by atoms with Gasteiger partial charge >= 0.3 is 0 Å². The molecule has 4 rings (SSSR count). The molecular formula is C24H29NO2. The minimum absolute atomic E-state index is 0.315. The smallest absolute Gasteiger partial charge is 0.183 e. The van der Waals surface area contributed by atoms with Crippen LogP contribution in [0, 0.1) is 0 Å². The van der Waals surface area contributed by atoms with Crippen LogP contribution in [0.4, 0.5) is 0 Å². The first-order valence-corrected chi connectivity index (χ1v) is 9.95. The normalized spacial score (nSPS) is 22.7. The molecule has 0 amide bonds. The molecule has 2 aromatic rings. The van der Waals surface area contributed by atoms with Crippen LogP contribution in [0.5, 0.6) is 0 Å². The van der Waals surface area contributed by atoms with Crippen molar-refractivity contribution in [3.05, 3.63) is 77.4 Å². The van der Waals surface area contributed by atoms with Gasteiger partial charge in [0.25, 0.3) is 0 Å². The number of piperidine rings is 1. The molecule has 2 atom stereocenters. The first-order valence-electron chi connectivity index (χ1n) is 9.95. The highest BCUT2D eigenvalue weighted by Gasteiger charge is 2.34. The van der Waals surface area contributed by atoms with Crippen LogP contribution in [-0.2, 0) is 16.0 Å². The number of rotatable bonds is 6. The molecule has 0 aromatic heterocycles. The summed E-state index contributed by atoms with van der Waals surface area (Å²) in [6, 6.07) is 20.5. The molecule has 2 heterocycles. The van der Waals surface area contributed by atoms with Crippen LogP contribution in [0.2, 0.25) is 0 Å². The summed E-state index contributed by atoms with van der Waals surface area (Å²) < 4.78 is 11.1. The van der Waals surface area contributed by atoms with E-state index in [0.717, 1.165) is 18.5 Å². The Balaban J connectivity index is 1.63. The molecule has 0 spiro atoms. The summed E-state index contributed by atoms with van der Waals surface area (Å²) in [5.41, 5.74) is 5.26. The van der Waals surface area contributed by atoms with Gasteiger partial charge in [-0.15, -0.1) is 0 Å². The second-order valence-corrected chi connectivity index (χ2v) is 7.60. The Hall–Kier alpha value is -1.94. The lowest BCUT2D eigenvalue weighted by Crippen LogP contribution is -2.47. The number of benzene rings is 2. The predicted molar refractivity (Wildman–Crippen MR) is 109 cm³/mol. The molecule has 3 heteroatoms. The standard InChI is InChI=1S/C24H29NO2/c1-26-24(27-2)23-14-7-6-13-22(23)19-15-20-11-8-12-21(16-19)25(20)17-18-9-4-3-5-10-18/h3-7,9-10,13-15,20-21,24H,8,11-12,16-17H2,1-2H3. The molecule has 3 nitrogen and oxygen atoms in total. The van der Waals surface area contributed by atoms with Crippen LogP contribution in [0.25, 0.3) is 5.57 Å². The van der Waals surface area contributed by atoms with Crippen molar-refractivity contribution < 1.29 is 9.47 Å². The SMILES string of the molecule is COC(OC)c1ccccc1C1=CC2CCCC(C1)N2Cc1ccccc1. The van der Waals surface area contributed by atoms with Crippen LogP contribution in [0.15, 0.2) is 60.7 Å². The van der Waals surface area contributed by atoms with Crippen LogP contribution in [0.3, 0.4) is 0 Å². The zero-order valence-electron chi connectivity index (χ0n) is 16.3. The number of hydrogen-bond donors (Lipinski definition) is 0. The van der Waals surface area contributed by atoms with Crippen LogP contribution in [0.1, 0.15) is 48.7 Å². The van der Waals surface area contributed by atoms with Crippen LogP contribution in [-0.4, -0.2) is 31.2 Å². The number of nitrogens with zero attached hydrogens (tertiary/aromatic N) is 1. The fourth-order valence-corrected chi connectivity index (χ4v) is 4.70. The molecule has 2 aromatic carbocycles. The Morgan fingerprint density at radius 3 is 2.44 bits per heavy atom. The Kier molecular flexibility index (Phi) is 5.72. The summed E-state index contributed by atoms with van der Waals surface area (Å²) in [5, 5.41) is 0. The highest BCUT2D eigenvalue weighted by Crippen LogP contribution is 2.40. The fourth-order valence-electron chi connectivity index (χ4n) is 4.70. The molecule has 2 aliphatic heterocycles. The highest BCUT2D eigenvalue weighted by atomic mass is 16.7. The van der Waals surface area contributed by atoms with E-state index in [2.05, 4.69) is 65.6 Å². The lowest BCUT2D eigenvalue weighted by atomic mass is 9.81. The molecule has 2 unspecified atom stereocenters. The predicted octanol–water partition coefficient (Wildman–Crippen LogP) is 5.19. The maximum absolute atomic E-state index is 5.55. The van der Waals surface area contributed by atoms with Gasteiger partial charge in [-0.25, -0.2) is 0 Å². The second-order valence-electron chi connectivity index (χ2n) is 7.60. The van der Waals surface area contributed by atoms with Gasteiger partial charge in [0.15, 0.2) is 6.29 Å². The summed E-state index contributed by atoms with van der Waals surface area (Å²) in [6.45, 7) is 1.04. The molecule has 2 aliphatic rings. The summed E-state index contributed by atoms with van der Waals surface area (Å²) in [5.74, 6) is 0. The van der Waals surface area contributed by atoms with Crippen molar-refractivity contribution in [3.8, 4) is 0 Å². The molecule has 0 N–H and O–H groups in total. The minimum Gasteiger partial charge on any atom is -0.352 e. The zero-order chi connectivity index (χ0) is 18.6. The molecule has 1 fully saturated rings. The number of methoxy groups -OCH3 is 2. The van der Waals surface area contributed by atoms with Gasteiger partial charge in [0.05, 0.1) is 0 Å². The molecule has 142 valence electrons. The Morgan fingerprint density at radius 1 is 0.963 bits per heavy atom. The number of hydrogen-bond acceptors (Lipinski definition) is 3. The minimum atomic E-state index is -0.315. The van der Waals surface area contributed by atoms with Gasteiger partial charge in [-0.1, -0.05) is 67.1 Å². The van der Waals surface area contributed by atoms with E-state index >= 15 is 0 Å². The van der Waals surface area contributed by atoms with Gasteiger partial charge < -0.3 is 9.47 Å². The van der Waals surface area contributed by atoms with E-state index < -0.39 is 0 Å². The number of ether oxygens (including phenoxy) is 2. The van der Waals surface area contributed by atoms with E-state index in [1.165, 1.54) is 36.0 Å². The molecule has 0 radical (unpaired) electrons. The van der Waals surface area contributed by atoms with Crippen molar-refractivity contribution >= 4 is 5.57 Å². The number of fused-ring (bicyclic) bond motifs is 2. The van der Waals surface area contributed by atoms with Gasteiger partial charge in [-0.3, -0.25) is 4.90 Å². The molecule has 0 aliphatic carbocycles. The van der Waals surface area contributed by atoms with E-state index in [4.69, 9.17) is 9.47 Å². The third kappa shape index (κ3) is 3.86. The Morgan fingerprint density at radius 2 is 1.70 bits per heavy atom. The first kappa shape index (κ1) is 18.4. The van der Waals surface area contributed by atoms with Crippen molar-refractivity contribution in [2.45, 2.75) is 50.6 Å². The van der Waals surface area contributed by atoms with E-state index in [0.29, 0.717) is 12.1 Å². The van der Waals surface area contributed by atoms with Crippen LogP contribution >= 0.6 is 0 Å². The van der Waals surface area contributed by atoms with E-state index in [-0.39, 0.29) is 6.29 Å². The fraction of sp³-hybridized carbons (Fsp3) is 0.417. The summed E-state index contributed by atoms with van der Waals surface area (Å²) in [4.78, 5) is 2.70. The largest absolute Gasteiger partial charge is 0.352 e. The average Bonchev–Trinajstić information content (AvgIpc) is 2.70. The molecule has 1 saturated heterocycles. The quantitative estimate of drug-likeness (QED) is 0.659. The van der Waals surface area contributed by atoms with Crippen LogP contribution < -0.4 is 0 Å². The van der Waals surface area contributed by atoms with Crippen molar-refractivity contribution in [1.82, 2.24) is 4.90 Å². The monoisotopic (exact) mass is 363 g/mol. The molecule has 2 bridgehead atoms. The van der Waals surface area contributed by atoms with Crippen molar-refractivity contribution in [1.29, 1.82) is 0 Å². The van der Waals surface area contributed by atoms with E-state index in [1.54, 1.807) is 14.2 Å². The van der Waals surface area contributed by atoms with Gasteiger partial charge in [-0.05, 0) is 36.0 Å². The molecule has 0 saturated carbocycles. The van der Waals surface area contributed by atoms with Crippen molar-refractivity contribution in [2.24, 2.45) is 0 Å². The topological polar surface area (TPSA) is 21.7 Å². The van der Waals surface area contributed by atoms with Gasteiger partial charge in [0, 0.05) is 38.4 Å². The Labute approximate surface area is 162 Å².